The van der Waals surface area contributed by atoms with Gasteiger partial charge in [0.05, 0.1) is 10.0 Å². The molecule has 0 saturated heterocycles. The number of nitrogens with two attached hydrogens (primary N) is 1. The summed E-state index contributed by atoms with van der Waals surface area (Å²) in [6.07, 6.45) is 4.18. The monoisotopic (exact) mass is 285 g/mol. The molecule has 2 nitrogen and oxygen atoms in total. The fourth-order valence-corrected chi connectivity index (χ4v) is 2.92. The van der Waals surface area contributed by atoms with E-state index in [1.54, 1.807) is 6.07 Å². The Balaban J connectivity index is 2.04. The lowest BCUT2D eigenvalue weighted by atomic mass is 9.82. The Morgan fingerprint density at radius 2 is 2.11 bits per heavy atom. The summed E-state index contributed by atoms with van der Waals surface area (Å²) in [5.74, 6) is 0.318. The number of ketones is 1. The van der Waals surface area contributed by atoms with Crippen molar-refractivity contribution in [1.29, 1.82) is 0 Å². The maximum absolute atomic E-state index is 12.2. The van der Waals surface area contributed by atoms with E-state index in [1.165, 1.54) is 0 Å². The average molecular weight is 286 g/mol. The van der Waals surface area contributed by atoms with Crippen LogP contribution in [0.15, 0.2) is 18.2 Å². The second-order valence-electron chi connectivity index (χ2n) is 4.98. The highest BCUT2D eigenvalue weighted by Crippen LogP contribution is 2.29. The van der Waals surface area contributed by atoms with Gasteiger partial charge in [-0.15, -0.1) is 0 Å². The quantitative estimate of drug-likeness (QED) is 0.922. The number of Topliss-reactive ketones (excluding diaryl/α,β-unsaturated/α-hetero) is 1. The first-order valence-electron chi connectivity index (χ1n) is 6.29. The van der Waals surface area contributed by atoms with Crippen LogP contribution in [0.4, 0.5) is 0 Å². The predicted octanol–water partition coefficient (Wildman–Crippen LogP) is 3.62. The molecule has 0 aliphatic heterocycles. The van der Waals surface area contributed by atoms with Crippen molar-refractivity contribution in [3.63, 3.8) is 0 Å². The molecule has 0 aromatic heterocycles. The number of hydrogen-bond acceptors (Lipinski definition) is 2. The molecule has 4 heteroatoms. The second-order valence-corrected chi connectivity index (χ2v) is 5.76. The summed E-state index contributed by atoms with van der Waals surface area (Å²) in [5, 5.41) is 0.995. The van der Waals surface area contributed by atoms with Gasteiger partial charge in [-0.1, -0.05) is 41.8 Å². The number of carbonyl (C=O) groups is 1. The lowest BCUT2D eigenvalue weighted by Crippen LogP contribution is -2.32. The smallest absolute Gasteiger partial charge is 0.140 e. The molecule has 98 valence electrons. The third kappa shape index (κ3) is 3.25. The van der Waals surface area contributed by atoms with E-state index < -0.39 is 0 Å². The zero-order chi connectivity index (χ0) is 13.1. The van der Waals surface area contributed by atoms with Gasteiger partial charge in [-0.2, -0.15) is 0 Å². The van der Waals surface area contributed by atoms with E-state index in [2.05, 4.69) is 0 Å². The van der Waals surface area contributed by atoms with Crippen LogP contribution in [0, 0.1) is 5.92 Å². The molecule has 1 aromatic rings. The molecule has 0 bridgehead atoms. The van der Waals surface area contributed by atoms with Crippen LogP contribution in [0.1, 0.15) is 31.2 Å². The lowest BCUT2D eigenvalue weighted by Gasteiger charge is -2.25. The molecular weight excluding hydrogens is 269 g/mol. The molecule has 1 saturated carbocycles. The normalized spacial score (nSPS) is 23.9. The average Bonchev–Trinajstić information content (AvgIpc) is 2.35. The van der Waals surface area contributed by atoms with Crippen LogP contribution < -0.4 is 5.73 Å². The highest BCUT2D eigenvalue weighted by atomic mass is 35.5. The van der Waals surface area contributed by atoms with Crippen molar-refractivity contribution < 1.29 is 4.79 Å². The minimum absolute atomic E-state index is 0.0869. The molecule has 0 amide bonds. The molecule has 2 rings (SSSR count). The molecule has 2 N–H and O–H groups in total. The Bertz CT molecular complexity index is 447. The van der Waals surface area contributed by atoms with E-state index >= 15 is 0 Å². The van der Waals surface area contributed by atoms with Crippen LogP contribution in [-0.2, 0) is 11.2 Å². The molecule has 1 aliphatic carbocycles. The molecule has 0 radical (unpaired) electrons. The Morgan fingerprint density at radius 3 is 2.83 bits per heavy atom. The van der Waals surface area contributed by atoms with Gasteiger partial charge in [0.15, 0.2) is 0 Å². The van der Waals surface area contributed by atoms with E-state index in [0.717, 1.165) is 31.2 Å². The summed E-state index contributed by atoms with van der Waals surface area (Å²) in [6, 6.07) is 5.58. The minimum atomic E-state index is 0.0869. The third-order valence-electron chi connectivity index (χ3n) is 3.57. The summed E-state index contributed by atoms with van der Waals surface area (Å²) >= 11 is 12.0. The van der Waals surface area contributed by atoms with Crippen molar-refractivity contribution in [2.75, 3.05) is 0 Å². The van der Waals surface area contributed by atoms with Gasteiger partial charge in [-0.3, -0.25) is 4.79 Å². The van der Waals surface area contributed by atoms with E-state index in [0.29, 0.717) is 16.5 Å². The van der Waals surface area contributed by atoms with Crippen molar-refractivity contribution in [2.24, 2.45) is 11.7 Å². The molecular formula is C14H17Cl2NO. The number of rotatable bonds is 3. The van der Waals surface area contributed by atoms with Crippen molar-refractivity contribution in [1.82, 2.24) is 0 Å². The first kappa shape index (κ1) is 13.9. The molecule has 0 spiro atoms. The van der Waals surface area contributed by atoms with E-state index in [4.69, 9.17) is 28.9 Å². The Kier molecular flexibility index (Phi) is 4.66. The number of benzene rings is 1. The Labute approximate surface area is 117 Å². The molecule has 1 aliphatic rings. The Hall–Kier alpha value is -0.570. The highest BCUT2D eigenvalue weighted by Gasteiger charge is 2.25. The minimum Gasteiger partial charge on any atom is -0.328 e. The van der Waals surface area contributed by atoms with Crippen LogP contribution >= 0.6 is 23.2 Å². The van der Waals surface area contributed by atoms with Gasteiger partial charge in [0.2, 0.25) is 0 Å². The van der Waals surface area contributed by atoms with E-state index in [1.807, 2.05) is 12.1 Å². The summed E-state index contributed by atoms with van der Waals surface area (Å²) in [7, 11) is 0. The zero-order valence-corrected chi connectivity index (χ0v) is 11.7. The van der Waals surface area contributed by atoms with Crippen LogP contribution in [0.25, 0.3) is 0 Å². The molecule has 0 heterocycles. The Morgan fingerprint density at radius 1 is 1.33 bits per heavy atom. The van der Waals surface area contributed by atoms with Crippen molar-refractivity contribution in [3.05, 3.63) is 33.8 Å². The molecule has 18 heavy (non-hydrogen) atoms. The van der Waals surface area contributed by atoms with Crippen LogP contribution in [-0.4, -0.2) is 11.8 Å². The van der Waals surface area contributed by atoms with E-state index in [-0.39, 0.29) is 17.7 Å². The molecule has 1 fully saturated rings. The maximum atomic E-state index is 12.2. The summed E-state index contributed by atoms with van der Waals surface area (Å²) in [6.45, 7) is 0. The SMILES string of the molecule is NC1CCCC(C(=O)Cc2cccc(Cl)c2Cl)C1. The van der Waals surface area contributed by atoms with Gasteiger partial charge >= 0.3 is 0 Å². The van der Waals surface area contributed by atoms with Crippen molar-refractivity contribution in [3.8, 4) is 0 Å². The molecule has 2 atom stereocenters. The fraction of sp³-hybridized carbons (Fsp3) is 0.500. The molecule has 1 aromatic carbocycles. The zero-order valence-electron chi connectivity index (χ0n) is 10.2. The van der Waals surface area contributed by atoms with Gasteiger partial charge in [-0.05, 0) is 30.9 Å². The van der Waals surface area contributed by atoms with Gasteiger partial charge in [-0.25, -0.2) is 0 Å². The summed E-state index contributed by atoms with van der Waals surface area (Å²) in [5.41, 5.74) is 6.72. The van der Waals surface area contributed by atoms with Gasteiger partial charge < -0.3 is 5.73 Å². The first-order valence-corrected chi connectivity index (χ1v) is 7.04. The standard InChI is InChI=1S/C14H17Cl2NO/c15-12-6-2-4-10(14(12)16)8-13(18)9-3-1-5-11(17)7-9/h2,4,6,9,11H,1,3,5,7-8,17H2. The lowest BCUT2D eigenvalue weighted by molar-refractivity contribution is -0.123. The summed E-state index contributed by atoms with van der Waals surface area (Å²) < 4.78 is 0. The molecule has 2 unspecified atom stereocenters. The maximum Gasteiger partial charge on any atom is 0.140 e. The van der Waals surface area contributed by atoms with Gasteiger partial charge in [0.1, 0.15) is 5.78 Å². The number of halogens is 2. The van der Waals surface area contributed by atoms with Crippen molar-refractivity contribution >= 4 is 29.0 Å². The van der Waals surface area contributed by atoms with Gasteiger partial charge in [0, 0.05) is 18.4 Å². The topological polar surface area (TPSA) is 43.1 Å². The van der Waals surface area contributed by atoms with Crippen LogP contribution in [0.3, 0.4) is 0 Å². The number of carbonyl (C=O) groups excluding carboxylic acids is 1. The van der Waals surface area contributed by atoms with E-state index in [9.17, 15) is 4.79 Å². The van der Waals surface area contributed by atoms with Crippen molar-refractivity contribution in [2.45, 2.75) is 38.1 Å². The highest BCUT2D eigenvalue weighted by molar-refractivity contribution is 6.42. The third-order valence-corrected chi connectivity index (χ3v) is 4.42. The predicted molar refractivity (Wildman–Crippen MR) is 75.1 cm³/mol. The fourth-order valence-electron chi connectivity index (χ4n) is 2.54. The van der Waals surface area contributed by atoms with Crippen LogP contribution in [0.5, 0.6) is 0 Å². The van der Waals surface area contributed by atoms with Crippen LogP contribution in [0.2, 0.25) is 10.0 Å². The first-order chi connectivity index (χ1) is 8.58. The second kappa shape index (κ2) is 6.05. The largest absolute Gasteiger partial charge is 0.328 e. The summed E-state index contributed by atoms with van der Waals surface area (Å²) in [4.78, 5) is 12.2. The van der Waals surface area contributed by atoms with Gasteiger partial charge in [0.25, 0.3) is 0 Å². The number of hydrogen-bond donors (Lipinski definition) is 1.